The molecule has 2 rings (SSSR count). The minimum absolute atomic E-state index is 0.237. The Balaban J connectivity index is 1.83. The van der Waals surface area contributed by atoms with Gasteiger partial charge in [0.25, 0.3) is 0 Å². The Labute approximate surface area is 117 Å². The lowest BCUT2D eigenvalue weighted by Crippen LogP contribution is -2.40. The molecule has 2 fully saturated rings. The molecule has 19 heavy (non-hydrogen) atoms. The fraction of sp³-hybridized carbons (Fsp3) is 1.00. The summed E-state index contributed by atoms with van der Waals surface area (Å²) in [5.74, 6) is 0.647. The Bertz CT molecular complexity index is 369. The van der Waals surface area contributed by atoms with Gasteiger partial charge in [0.2, 0.25) is 10.0 Å². The average Bonchev–Trinajstić information content (AvgIpc) is 2.87. The van der Waals surface area contributed by atoms with Gasteiger partial charge in [-0.25, -0.2) is 13.1 Å². The predicted molar refractivity (Wildman–Crippen MR) is 78.6 cm³/mol. The molecule has 2 N–H and O–H groups in total. The fourth-order valence-corrected chi connectivity index (χ4v) is 5.06. The van der Waals surface area contributed by atoms with Gasteiger partial charge < -0.3 is 5.32 Å². The maximum absolute atomic E-state index is 12.2. The maximum atomic E-state index is 12.2. The fourth-order valence-electron chi connectivity index (χ4n) is 3.46. The summed E-state index contributed by atoms with van der Waals surface area (Å²) in [5, 5.41) is 3.28. The van der Waals surface area contributed by atoms with Gasteiger partial charge in [-0.1, -0.05) is 19.8 Å². The van der Waals surface area contributed by atoms with E-state index in [1.165, 1.54) is 25.7 Å². The monoisotopic (exact) mass is 288 g/mol. The molecule has 0 aromatic rings. The minimum Gasteiger partial charge on any atom is -0.317 e. The summed E-state index contributed by atoms with van der Waals surface area (Å²) in [6, 6.07) is 0. The topological polar surface area (TPSA) is 58.2 Å². The molecular weight excluding hydrogens is 260 g/mol. The molecule has 0 atom stereocenters. The zero-order valence-electron chi connectivity index (χ0n) is 12.1. The molecule has 1 aliphatic carbocycles. The van der Waals surface area contributed by atoms with Crippen molar-refractivity contribution < 1.29 is 8.42 Å². The van der Waals surface area contributed by atoms with Crippen molar-refractivity contribution in [3.05, 3.63) is 0 Å². The molecule has 0 spiro atoms. The normalized spacial score (nSPS) is 24.7. The van der Waals surface area contributed by atoms with Crippen molar-refractivity contribution in [3.63, 3.8) is 0 Å². The summed E-state index contributed by atoms with van der Waals surface area (Å²) >= 11 is 0. The predicted octanol–water partition coefficient (Wildman–Crippen LogP) is 1.88. The highest BCUT2D eigenvalue weighted by Crippen LogP contribution is 2.40. The Kier molecular flexibility index (Phi) is 5.26. The van der Waals surface area contributed by atoms with Crippen molar-refractivity contribution in [1.29, 1.82) is 0 Å². The second-order valence-corrected chi connectivity index (χ2v) is 8.21. The van der Waals surface area contributed by atoms with Gasteiger partial charge in [-0.05, 0) is 56.5 Å². The SMILES string of the molecule is CCC1(CNS(=O)(=O)CC2CCNCC2)CCCC1. The van der Waals surface area contributed by atoms with E-state index in [4.69, 9.17) is 0 Å². The van der Waals surface area contributed by atoms with Gasteiger partial charge in [0, 0.05) is 6.54 Å². The van der Waals surface area contributed by atoms with Crippen LogP contribution in [0.3, 0.4) is 0 Å². The van der Waals surface area contributed by atoms with Crippen LogP contribution in [-0.2, 0) is 10.0 Å². The van der Waals surface area contributed by atoms with Crippen molar-refractivity contribution >= 4 is 10.0 Å². The molecule has 1 saturated carbocycles. The van der Waals surface area contributed by atoms with E-state index in [1.54, 1.807) is 0 Å². The van der Waals surface area contributed by atoms with Crippen molar-refractivity contribution in [3.8, 4) is 0 Å². The number of hydrogen-bond donors (Lipinski definition) is 2. The second-order valence-electron chi connectivity index (χ2n) is 6.36. The summed E-state index contributed by atoms with van der Waals surface area (Å²) in [5.41, 5.74) is 0.237. The number of hydrogen-bond acceptors (Lipinski definition) is 3. The molecule has 5 heteroatoms. The van der Waals surface area contributed by atoms with Crippen LogP contribution in [0, 0.1) is 11.3 Å². The van der Waals surface area contributed by atoms with Crippen molar-refractivity contribution in [2.45, 2.75) is 51.9 Å². The summed E-state index contributed by atoms with van der Waals surface area (Å²) in [4.78, 5) is 0. The van der Waals surface area contributed by atoms with Gasteiger partial charge in [-0.3, -0.25) is 0 Å². The lowest BCUT2D eigenvalue weighted by molar-refractivity contribution is 0.285. The minimum atomic E-state index is -3.09. The van der Waals surface area contributed by atoms with Gasteiger partial charge in [-0.15, -0.1) is 0 Å². The summed E-state index contributed by atoms with van der Waals surface area (Å²) < 4.78 is 27.3. The van der Waals surface area contributed by atoms with E-state index in [-0.39, 0.29) is 5.41 Å². The lowest BCUT2D eigenvalue weighted by Gasteiger charge is -2.28. The van der Waals surface area contributed by atoms with Gasteiger partial charge in [-0.2, -0.15) is 0 Å². The van der Waals surface area contributed by atoms with Crippen LogP contribution in [0.25, 0.3) is 0 Å². The van der Waals surface area contributed by atoms with E-state index >= 15 is 0 Å². The lowest BCUT2D eigenvalue weighted by atomic mass is 9.84. The first-order chi connectivity index (χ1) is 9.05. The molecular formula is C14H28N2O2S. The molecule has 0 amide bonds. The molecule has 112 valence electrons. The van der Waals surface area contributed by atoms with Crippen molar-refractivity contribution in [2.24, 2.45) is 11.3 Å². The summed E-state index contributed by atoms with van der Waals surface area (Å²) in [6.45, 7) is 4.75. The molecule has 1 heterocycles. The number of sulfonamides is 1. The van der Waals surface area contributed by atoms with Crippen molar-refractivity contribution in [1.82, 2.24) is 10.0 Å². The number of rotatable bonds is 6. The third-order valence-corrected chi connectivity index (χ3v) is 6.49. The van der Waals surface area contributed by atoms with Crippen molar-refractivity contribution in [2.75, 3.05) is 25.4 Å². The third-order valence-electron chi connectivity index (χ3n) is 5.00. The molecule has 0 unspecified atom stereocenters. The van der Waals surface area contributed by atoms with Crippen LogP contribution in [0.4, 0.5) is 0 Å². The van der Waals surface area contributed by atoms with E-state index in [9.17, 15) is 8.42 Å². The Morgan fingerprint density at radius 3 is 2.42 bits per heavy atom. The molecule has 1 saturated heterocycles. The molecule has 0 aromatic heterocycles. The van der Waals surface area contributed by atoms with E-state index in [1.807, 2.05) is 0 Å². The Hall–Kier alpha value is -0.130. The number of piperidine rings is 1. The molecule has 2 aliphatic rings. The average molecular weight is 288 g/mol. The van der Waals surface area contributed by atoms with Crippen LogP contribution in [0.15, 0.2) is 0 Å². The highest BCUT2D eigenvalue weighted by atomic mass is 32.2. The molecule has 0 radical (unpaired) electrons. The molecule has 0 bridgehead atoms. The van der Waals surface area contributed by atoms with E-state index in [0.29, 0.717) is 18.2 Å². The van der Waals surface area contributed by atoms with Gasteiger partial charge in [0.05, 0.1) is 5.75 Å². The zero-order chi connectivity index (χ0) is 13.8. The van der Waals surface area contributed by atoms with Crippen LogP contribution >= 0.6 is 0 Å². The van der Waals surface area contributed by atoms with E-state index in [2.05, 4.69) is 17.0 Å². The van der Waals surface area contributed by atoms with Crippen LogP contribution in [0.2, 0.25) is 0 Å². The first kappa shape index (κ1) is 15.3. The van der Waals surface area contributed by atoms with Crippen LogP contribution in [0.1, 0.15) is 51.9 Å². The first-order valence-corrected chi connectivity index (χ1v) is 9.39. The quantitative estimate of drug-likeness (QED) is 0.784. The highest BCUT2D eigenvalue weighted by Gasteiger charge is 2.33. The molecule has 4 nitrogen and oxygen atoms in total. The third kappa shape index (κ3) is 4.43. The Morgan fingerprint density at radius 2 is 1.84 bits per heavy atom. The maximum Gasteiger partial charge on any atom is 0.211 e. The summed E-state index contributed by atoms with van der Waals surface area (Å²) in [7, 11) is -3.09. The highest BCUT2D eigenvalue weighted by molar-refractivity contribution is 7.89. The van der Waals surface area contributed by atoms with Crippen LogP contribution < -0.4 is 10.0 Å². The largest absolute Gasteiger partial charge is 0.317 e. The van der Waals surface area contributed by atoms with Gasteiger partial charge >= 0.3 is 0 Å². The molecule has 1 aliphatic heterocycles. The second kappa shape index (κ2) is 6.55. The zero-order valence-corrected chi connectivity index (χ0v) is 12.9. The van der Waals surface area contributed by atoms with E-state index in [0.717, 1.165) is 32.4 Å². The Morgan fingerprint density at radius 1 is 1.21 bits per heavy atom. The molecule has 0 aromatic carbocycles. The summed E-state index contributed by atoms with van der Waals surface area (Å²) in [6.07, 6.45) is 7.93. The van der Waals surface area contributed by atoms with Gasteiger partial charge in [0.1, 0.15) is 0 Å². The van der Waals surface area contributed by atoms with Crippen LogP contribution in [0.5, 0.6) is 0 Å². The smallest absolute Gasteiger partial charge is 0.211 e. The van der Waals surface area contributed by atoms with Crippen LogP contribution in [-0.4, -0.2) is 33.8 Å². The first-order valence-electron chi connectivity index (χ1n) is 7.73. The standard InChI is InChI=1S/C14H28N2O2S/c1-2-14(7-3-4-8-14)12-16-19(17,18)11-13-5-9-15-10-6-13/h13,15-16H,2-12H2,1H3. The number of nitrogens with one attached hydrogen (secondary N) is 2. The van der Waals surface area contributed by atoms with E-state index < -0.39 is 10.0 Å². The van der Waals surface area contributed by atoms with Gasteiger partial charge in [0.15, 0.2) is 0 Å².